The Kier molecular flexibility index (Phi) is 15.1. The molecule has 0 bridgehead atoms. The van der Waals surface area contributed by atoms with Crippen LogP contribution in [0.1, 0.15) is 48.0 Å². The third kappa shape index (κ3) is 12.6. The lowest BCUT2D eigenvalue weighted by atomic mass is 9.89. The maximum absolute atomic E-state index is 11.7. The summed E-state index contributed by atoms with van der Waals surface area (Å²) in [5.74, 6) is 1.15. The number of guanidine groups is 1. The van der Waals surface area contributed by atoms with E-state index in [-0.39, 0.29) is 47.6 Å². The lowest BCUT2D eigenvalue weighted by molar-refractivity contribution is 0.0205. The van der Waals surface area contributed by atoms with E-state index in [4.69, 9.17) is 9.47 Å². The Morgan fingerprint density at radius 2 is 1.73 bits per heavy atom. The number of ether oxygens (including phenoxy) is 2. The van der Waals surface area contributed by atoms with Gasteiger partial charge >= 0.3 is 6.09 Å². The van der Waals surface area contributed by atoms with Gasteiger partial charge in [-0.25, -0.2) is 4.79 Å². The Labute approximate surface area is 176 Å². The van der Waals surface area contributed by atoms with Crippen molar-refractivity contribution in [1.29, 1.82) is 0 Å². The van der Waals surface area contributed by atoms with Gasteiger partial charge in [0.1, 0.15) is 0 Å². The number of amides is 1. The van der Waals surface area contributed by atoms with Gasteiger partial charge < -0.3 is 25.4 Å². The quantitative estimate of drug-likeness (QED) is 0.265. The largest absolute Gasteiger partial charge is 0.450 e. The van der Waals surface area contributed by atoms with Crippen LogP contribution in [0.5, 0.6) is 0 Å². The first kappa shape index (κ1) is 27.4. The molecule has 0 heterocycles. The van der Waals surface area contributed by atoms with Crippen LogP contribution in [-0.2, 0) is 9.47 Å². The van der Waals surface area contributed by atoms with Crippen molar-refractivity contribution in [2.75, 3.05) is 33.9 Å². The van der Waals surface area contributed by atoms with Crippen molar-refractivity contribution >= 4 is 36.0 Å². The minimum absolute atomic E-state index is 0. The minimum atomic E-state index is -0.384. The summed E-state index contributed by atoms with van der Waals surface area (Å²) in [5.41, 5.74) is 0.0340. The number of hydrogen-bond donors (Lipinski definition) is 3. The molecule has 1 amide bonds. The van der Waals surface area contributed by atoms with Gasteiger partial charge in [-0.05, 0) is 24.7 Å². The van der Waals surface area contributed by atoms with Crippen LogP contribution in [0.2, 0.25) is 0 Å². The molecule has 2 atom stereocenters. The molecule has 3 N–H and O–H groups in total. The van der Waals surface area contributed by atoms with Crippen LogP contribution < -0.4 is 16.0 Å². The number of nitrogens with one attached hydrogen (secondary N) is 3. The lowest BCUT2D eigenvalue weighted by Gasteiger charge is -2.30. The van der Waals surface area contributed by atoms with E-state index >= 15 is 0 Å². The van der Waals surface area contributed by atoms with Gasteiger partial charge in [0.2, 0.25) is 0 Å². The normalized spacial score (nSPS) is 14.3. The summed E-state index contributed by atoms with van der Waals surface area (Å²) < 4.78 is 10.5. The predicted molar refractivity (Wildman–Crippen MR) is 118 cm³/mol. The van der Waals surface area contributed by atoms with Crippen molar-refractivity contribution in [3.8, 4) is 0 Å². The van der Waals surface area contributed by atoms with E-state index in [2.05, 4.69) is 55.6 Å². The lowest BCUT2D eigenvalue weighted by Crippen LogP contribution is -2.50. The third-order valence-corrected chi connectivity index (χ3v) is 3.80. The number of carbonyl (C=O) groups excluding carboxylic acids is 1. The minimum Gasteiger partial charge on any atom is -0.450 e. The van der Waals surface area contributed by atoms with Gasteiger partial charge in [-0.3, -0.25) is 4.99 Å². The van der Waals surface area contributed by atoms with Crippen LogP contribution in [0.4, 0.5) is 4.79 Å². The molecule has 0 aromatic carbocycles. The molecule has 0 saturated carbocycles. The highest BCUT2D eigenvalue weighted by atomic mass is 127. The zero-order valence-electron chi connectivity index (χ0n) is 17.6. The molecule has 7 nitrogen and oxygen atoms in total. The molecule has 2 unspecified atom stereocenters. The zero-order valence-corrected chi connectivity index (χ0v) is 20.0. The molecule has 8 heteroatoms. The highest BCUT2D eigenvalue weighted by Gasteiger charge is 2.24. The van der Waals surface area contributed by atoms with Crippen molar-refractivity contribution < 1.29 is 14.3 Å². The van der Waals surface area contributed by atoms with Gasteiger partial charge in [0.25, 0.3) is 0 Å². The summed E-state index contributed by atoms with van der Waals surface area (Å²) in [6.45, 7) is 14.1. The van der Waals surface area contributed by atoms with Crippen LogP contribution in [0.25, 0.3) is 0 Å². The number of halogens is 1. The Hall–Kier alpha value is -0.770. The smallest absolute Gasteiger partial charge is 0.407 e. The van der Waals surface area contributed by atoms with E-state index in [0.717, 1.165) is 6.42 Å². The second-order valence-corrected chi connectivity index (χ2v) is 7.62. The summed E-state index contributed by atoms with van der Waals surface area (Å²) in [6.07, 6.45) is 0.533. The molecule has 0 aliphatic rings. The van der Waals surface area contributed by atoms with E-state index in [1.54, 1.807) is 21.1 Å². The van der Waals surface area contributed by atoms with Crippen molar-refractivity contribution in [3.05, 3.63) is 0 Å². The SMILES string of the molecule is CCOC(=O)NC(CNC(=NC)NCC(OC)C(C)(C)C)CC(C)C.I. The Morgan fingerprint density at radius 1 is 1.15 bits per heavy atom. The molecule has 0 saturated heterocycles. The van der Waals surface area contributed by atoms with E-state index < -0.39 is 0 Å². The number of rotatable bonds is 9. The molecule has 0 aliphatic carbocycles. The number of hydrogen-bond acceptors (Lipinski definition) is 4. The summed E-state index contributed by atoms with van der Waals surface area (Å²) >= 11 is 0. The number of alkyl carbamates (subject to hydrolysis) is 1. The average Bonchev–Trinajstić information content (AvgIpc) is 2.48. The Bertz CT molecular complexity index is 412. The predicted octanol–water partition coefficient (Wildman–Crippen LogP) is 2.99. The highest BCUT2D eigenvalue weighted by Crippen LogP contribution is 2.20. The zero-order chi connectivity index (χ0) is 19.5. The van der Waals surface area contributed by atoms with Crippen molar-refractivity contribution in [2.24, 2.45) is 16.3 Å². The highest BCUT2D eigenvalue weighted by molar-refractivity contribution is 14.0. The first-order valence-corrected chi connectivity index (χ1v) is 9.04. The summed E-state index contributed by atoms with van der Waals surface area (Å²) in [4.78, 5) is 15.9. The van der Waals surface area contributed by atoms with Gasteiger partial charge in [-0.2, -0.15) is 0 Å². The van der Waals surface area contributed by atoms with Gasteiger partial charge in [0.05, 0.1) is 12.7 Å². The third-order valence-electron chi connectivity index (χ3n) is 3.80. The van der Waals surface area contributed by atoms with E-state index in [9.17, 15) is 4.79 Å². The van der Waals surface area contributed by atoms with Crippen LogP contribution in [0.3, 0.4) is 0 Å². The molecule has 0 fully saturated rings. The first-order valence-electron chi connectivity index (χ1n) is 9.04. The standard InChI is InChI=1S/C18H38N4O3.HI/c1-9-25-17(23)22-14(10-13(2)3)11-20-16(19-7)21-12-15(24-8)18(4,5)6;/h13-15H,9-12H2,1-8H3,(H,22,23)(H2,19,20,21);1H. The number of carbonyl (C=O) groups is 1. The maximum Gasteiger partial charge on any atom is 0.407 e. The fourth-order valence-corrected chi connectivity index (χ4v) is 2.47. The summed E-state index contributed by atoms with van der Waals surface area (Å²) in [7, 11) is 3.44. The fourth-order valence-electron chi connectivity index (χ4n) is 2.47. The van der Waals surface area contributed by atoms with E-state index in [1.807, 2.05) is 0 Å². The molecule has 0 radical (unpaired) electrons. The second-order valence-electron chi connectivity index (χ2n) is 7.62. The van der Waals surface area contributed by atoms with Crippen LogP contribution >= 0.6 is 24.0 Å². The Balaban J connectivity index is 0. The van der Waals surface area contributed by atoms with Gasteiger partial charge in [0.15, 0.2) is 5.96 Å². The summed E-state index contributed by atoms with van der Waals surface area (Å²) in [5, 5.41) is 9.45. The number of methoxy groups -OCH3 is 1. The number of aliphatic imine (C=N–C) groups is 1. The van der Waals surface area contributed by atoms with Crippen LogP contribution in [0.15, 0.2) is 4.99 Å². The van der Waals surface area contributed by atoms with Gasteiger partial charge in [0, 0.05) is 33.3 Å². The molecule has 0 aromatic rings. The first-order chi connectivity index (χ1) is 11.6. The Morgan fingerprint density at radius 3 is 2.15 bits per heavy atom. The molecule has 0 rings (SSSR count). The number of nitrogens with zero attached hydrogens (tertiary/aromatic N) is 1. The average molecular weight is 486 g/mol. The summed E-state index contributed by atoms with van der Waals surface area (Å²) in [6, 6.07) is -0.0292. The topological polar surface area (TPSA) is 84.0 Å². The van der Waals surface area contributed by atoms with Crippen LogP contribution in [-0.4, -0.2) is 58.1 Å². The molecule has 0 aromatic heterocycles. The van der Waals surface area contributed by atoms with E-state index in [1.165, 1.54) is 0 Å². The van der Waals surface area contributed by atoms with Gasteiger partial charge in [-0.15, -0.1) is 24.0 Å². The molecule has 26 heavy (non-hydrogen) atoms. The van der Waals surface area contributed by atoms with Crippen LogP contribution in [0, 0.1) is 11.3 Å². The molecular weight excluding hydrogens is 447 g/mol. The van der Waals surface area contributed by atoms with Gasteiger partial charge in [-0.1, -0.05) is 34.6 Å². The molecular formula is C18H39IN4O3. The molecule has 0 spiro atoms. The second kappa shape index (κ2) is 14.3. The monoisotopic (exact) mass is 486 g/mol. The van der Waals surface area contributed by atoms with E-state index in [0.29, 0.717) is 31.6 Å². The maximum atomic E-state index is 11.7. The molecule has 0 aliphatic heterocycles. The molecule has 156 valence electrons. The van der Waals surface area contributed by atoms with Crippen molar-refractivity contribution in [2.45, 2.75) is 60.1 Å². The van der Waals surface area contributed by atoms with Crippen molar-refractivity contribution in [3.63, 3.8) is 0 Å². The van der Waals surface area contributed by atoms with Crippen molar-refractivity contribution in [1.82, 2.24) is 16.0 Å². The fraction of sp³-hybridized carbons (Fsp3) is 0.889.